The van der Waals surface area contributed by atoms with Crippen molar-refractivity contribution in [3.8, 4) is 0 Å². The minimum atomic E-state index is -0.0703. The molecule has 1 amide bonds. The van der Waals surface area contributed by atoms with Crippen LogP contribution in [0.15, 0.2) is 46.9 Å². The summed E-state index contributed by atoms with van der Waals surface area (Å²) < 4.78 is 0.938. The quantitative estimate of drug-likeness (QED) is 0.851. The van der Waals surface area contributed by atoms with Gasteiger partial charge in [0.1, 0.15) is 0 Å². The Labute approximate surface area is 121 Å². The Kier molecular flexibility index (Phi) is 4.22. The van der Waals surface area contributed by atoms with Crippen LogP contribution in [0.1, 0.15) is 11.1 Å². The number of carbonyl (C=O) groups is 1. The number of nitrogens with two attached hydrogens (primary N) is 1. The number of para-hydroxylation sites is 1. The lowest BCUT2D eigenvalue weighted by Gasteiger charge is -2.10. The van der Waals surface area contributed by atoms with Gasteiger partial charge in [-0.1, -0.05) is 40.2 Å². The van der Waals surface area contributed by atoms with E-state index < -0.39 is 0 Å². The highest BCUT2D eigenvalue weighted by Crippen LogP contribution is 2.21. The topological polar surface area (TPSA) is 55.1 Å². The van der Waals surface area contributed by atoms with Crippen LogP contribution in [0.5, 0.6) is 0 Å². The number of nitrogens with one attached hydrogen (secondary N) is 1. The number of carbonyl (C=O) groups excluding carboxylic acids is 1. The van der Waals surface area contributed by atoms with Crippen molar-refractivity contribution in [2.24, 2.45) is 0 Å². The minimum absolute atomic E-state index is 0.0703. The van der Waals surface area contributed by atoms with Gasteiger partial charge >= 0.3 is 0 Å². The van der Waals surface area contributed by atoms with Gasteiger partial charge in [0, 0.05) is 15.8 Å². The summed E-state index contributed by atoms with van der Waals surface area (Å²) in [7, 11) is 0. The van der Waals surface area contributed by atoms with Crippen molar-refractivity contribution in [3.05, 3.63) is 58.1 Å². The molecule has 4 heteroatoms. The SMILES string of the molecule is Cc1ccc(Br)cc1NC(=O)Cc1ccccc1N. The zero-order chi connectivity index (χ0) is 13.8. The average molecular weight is 319 g/mol. The van der Waals surface area contributed by atoms with Crippen LogP contribution < -0.4 is 11.1 Å². The largest absolute Gasteiger partial charge is 0.398 e. The van der Waals surface area contributed by atoms with Gasteiger partial charge in [-0.25, -0.2) is 0 Å². The maximum absolute atomic E-state index is 12.0. The second-order valence-corrected chi connectivity index (χ2v) is 5.30. The molecule has 0 aliphatic rings. The number of halogens is 1. The third-order valence-electron chi connectivity index (χ3n) is 2.88. The molecule has 2 aromatic rings. The number of hydrogen-bond donors (Lipinski definition) is 2. The number of benzene rings is 2. The van der Waals surface area contributed by atoms with Gasteiger partial charge in [0.25, 0.3) is 0 Å². The van der Waals surface area contributed by atoms with Gasteiger partial charge in [0.05, 0.1) is 6.42 Å². The fourth-order valence-electron chi connectivity index (χ4n) is 1.79. The lowest BCUT2D eigenvalue weighted by atomic mass is 10.1. The first-order valence-electron chi connectivity index (χ1n) is 5.95. The van der Waals surface area contributed by atoms with Crippen molar-refractivity contribution >= 4 is 33.2 Å². The molecule has 0 fully saturated rings. The van der Waals surface area contributed by atoms with Gasteiger partial charge in [0.15, 0.2) is 0 Å². The van der Waals surface area contributed by atoms with Crippen LogP contribution in [-0.2, 0) is 11.2 Å². The van der Waals surface area contributed by atoms with Crippen molar-refractivity contribution in [3.63, 3.8) is 0 Å². The lowest BCUT2D eigenvalue weighted by Crippen LogP contribution is -2.16. The van der Waals surface area contributed by atoms with Crippen LogP contribution in [-0.4, -0.2) is 5.91 Å². The third kappa shape index (κ3) is 3.58. The number of nitrogen functional groups attached to an aromatic ring is 1. The van der Waals surface area contributed by atoms with Crippen molar-refractivity contribution in [2.45, 2.75) is 13.3 Å². The van der Waals surface area contributed by atoms with E-state index in [2.05, 4.69) is 21.2 Å². The fraction of sp³-hybridized carbons (Fsp3) is 0.133. The first-order chi connectivity index (χ1) is 9.06. The summed E-state index contributed by atoms with van der Waals surface area (Å²) in [6, 6.07) is 13.2. The second-order valence-electron chi connectivity index (χ2n) is 4.38. The first-order valence-corrected chi connectivity index (χ1v) is 6.75. The van der Waals surface area contributed by atoms with Gasteiger partial charge in [-0.3, -0.25) is 4.79 Å². The maximum Gasteiger partial charge on any atom is 0.228 e. The molecular weight excluding hydrogens is 304 g/mol. The molecule has 2 rings (SSSR count). The zero-order valence-electron chi connectivity index (χ0n) is 10.6. The van der Waals surface area contributed by atoms with Crippen LogP contribution in [0.4, 0.5) is 11.4 Å². The fourth-order valence-corrected chi connectivity index (χ4v) is 2.15. The molecule has 98 valence electrons. The molecule has 0 spiro atoms. The van der Waals surface area contributed by atoms with Crippen molar-refractivity contribution < 1.29 is 4.79 Å². The van der Waals surface area contributed by atoms with Crippen LogP contribution in [0, 0.1) is 6.92 Å². The van der Waals surface area contributed by atoms with Crippen LogP contribution in [0.2, 0.25) is 0 Å². The van der Waals surface area contributed by atoms with Gasteiger partial charge in [-0.05, 0) is 36.2 Å². The average Bonchev–Trinajstić information content (AvgIpc) is 2.37. The molecule has 0 atom stereocenters. The number of aryl methyl sites for hydroxylation is 1. The molecule has 3 N–H and O–H groups in total. The molecule has 0 heterocycles. The summed E-state index contributed by atoms with van der Waals surface area (Å²) >= 11 is 3.39. The monoisotopic (exact) mass is 318 g/mol. The number of anilines is 2. The first kappa shape index (κ1) is 13.6. The molecular formula is C15H15BrN2O. The highest BCUT2D eigenvalue weighted by atomic mass is 79.9. The molecule has 0 aromatic heterocycles. The summed E-state index contributed by atoms with van der Waals surface area (Å²) in [6.45, 7) is 1.96. The van der Waals surface area contributed by atoms with E-state index >= 15 is 0 Å². The highest BCUT2D eigenvalue weighted by molar-refractivity contribution is 9.10. The predicted octanol–water partition coefficient (Wildman–Crippen LogP) is 3.52. The van der Waals surface area contributed by atoms with E-state index in [1.54, 1.807) is 6.07 Å². The Bertz CT molecular complexity index is 611. The number of amides is 1. The summed E-state index contributed by atoms with van der Waals surface area (Å²) in [5.41, 5.74) is 9.15. The Morgan fingerprint density at radius 2 is 2.00 bits per heavy atom. The molecule has 0 saturated heterocycles. The third-order valence-corrected chi connectivity index (χ3v) is 3.37. The van der Waals surface area contributed by atoms with Crippen LogP contribution in [0.25, 0.3) is 0 Å². The molecule has 0 aliphatic heterocycles. The van der Waals surface area contributed by atoms with E-state index in [4.69, 9.17) is 5.73 Å². The van der Waals surface area contributed by atoms with Crippen LogP contribution >= 0.6 is 15.9 Å². The molecule has 0 bridgehead atoms. The zero-order valence-corrected chi connectivity index (χ0v) is 12.2. The van der Waals surface area contributed by atoms with Gasteiger partial charge in [0.2, 0.25) is 5.91 Å². The molecule has 0 saturated carbocycles. The van der Waals surface area contributed by atoms with E-state index in [0.29, 0.717) is 5.69 Å². The van der Waals surface area contributed by atoms with E-state index in [0.717, 1.165) is 21.3 Å². The standard InChI is InChI=1S/C15H15BrN2O/c1-10-6-7-12(16)9-14(10)18-15(19)8-11-4-2-3-5-13(11)17/h2-7,9H,8,17H2,1H3,(H,18,19). The Morgan fingerprint density at radius 1 is 1.26 bits per heavy atom. The second kappa shape index (κ2) is 5.89. The molecule has 0 radical (unpaired) electrons. The summed E-state index contributed by atoms with van der Waals surface area (Å²) in [6.07, 6.45) is 0.276. The van der Waals surface area contributed by atoms with Gasteiger partial charge in [-0.15, -0.1) is 0 Å². The van der Waals surface area contributed by atoms with Crippen molar-refractivity contribution in [1.29, 1.82) is 0 Å². The maximum atomic E-state index is 12.0. The molecule has 19 heavy (non-hydrogen) atoms. The van der Waals surface area contributed by atoms with Gasteiger partial charge in [-0.2, -0.15) is 0 Å². The molecule has 0 unspecified atom stereocenters. The van der Waals surface area contributed by atoms with Crippen LogP contribution in [0.3, 0.4) is 0 Å². The van der Waals surface area contributed by atoms with E-state index in [1.165, 1.54) is 0 Å². The van der Waals surface area contributed by atoms with E-state index in [-0.39, 0.29) is 12.3 Å². The highest BCUT2D eigenvalue weighted by Gasteiger charge is 2.08. The Hall–Kier alpha value is -1.81. The number of rotatable bonds is 3. The summed E-state index contributed by atoms with van der Waals surface area (Å²) in [5.74, 6) is -0.0703. The summed E-state index contributed by atoms with van der Waals surface area (Å²) in [4.78, 5) is 12.0. The van der Waals surface area contributed by atoms with Crippen molar-refractivity contribution in [2.75, 3.05) is 11.1 Å². The Morgan fingerprint density at radius 3 is 2.74 bits per heavy atom. The van der Waals surface area contributed by atoms with E-state index in [9.17, 15) is 4.79 Å². The smallest absolute Gasteiger partial charge is 0.228 e. The van der Waals surface area contributed by atoms with E-state index in [1.807, 2.05) is 43.3 Å². The minimum Gasteiger partial charge on any atom is -0.398 e. The predicted molar refractivity (Wildman–Crippen MR) is 82.1 cm³/mol. The lowest BCUT2D eigenvalue weighted by molar-refractivity contribution is -0.115. The Balaban J connectivity index is 2.10. The van der Waals surface area contributed by atoms with Crippen molar-refractivity contribution in [1.82, 2.24) is 0 Å². The normalized spacial score (nSPS) is 10.2. The van der Waals surface area contributed by atoms with Gasteiger partial charge < -0.3 is 11.1 Å². The summed E-state index contributed by atoms with van der Waals surface area (Å²) in [5, 5.41) is 2.90. The molecule has 0 aliphatic carbocycles. The number of hydrogen-bond acceptors (Lipinski definition) is 2. The molecule has 2 aromatic carbocycles. The molecule has 3 nitrogen and oxygen atoms in total.